The normalized spacial score (nSPS) is 15.2. The largest absolute Gasteiger partial charge is 0.339 e. The maximum atomic E-state index is 4.84. The van der Waals surface area contributed by atoms with Crippen LogP contribution in [-0.4, -0.2) is 28.8 Å². The summed E-state index contributed by atoms with van der Waals surface area (Å²) in [5, 5.41) is 2.73. The van der Waals surface area contributed by atoms with Gasteiger partial charge in [0.05, 0.1) is 17.6 Å². The van der Waals surface area contributed by atoms with Crippen molar-refractivity contribution in [3.8, 4) is 22.4 Å². The predicted molar refractivity (Wildman–Crippen MR) is 133 cm³/mol. The van der Waals surface area contributed by atoms with Crippen molar-refractivity contribution in [3.05, 3.63) is 65.4 Å². The average molecular weight is 427 g/mol. The van der Waals surface area contributed by atoms with Crippen molar-refractivity contribution in [3.63, 3.8) is 0 Å². The maximum Gasteiger partial charge on any atom is 0.125 e. The summed E-state index contributed by atoms with van der Waals surface area (Å²) in [5.74, 6) is 0. The highest BCUT2D eigenvalue weighted by molar-refractivity contribution is 7.57. The van der Waals surface area contributed by atoms with Crippen molar-refractivity contribution in [2.24, 2.45) is 4.99 Å². The Morgan fingerprint density at radius 1 is 0.900 bits per heavy atom. The molecule has 0 amide bonds. The molecule has 1 aliphatic heterocycles. The number of imidazole rings is 1. The molecule has 3 nitrogen and oxygen atoms in total. The zero-order valence-electron chi connectivity index (χ0n) is 17.1. The van der Waals surface area contributed by atoms with Gasteiger partial charge in [0.1, 0.15) is 5.57 Å². The molecular formula is C25H23N3P2. The second-order valence-electron chi connectivity index (χ2n) is 8.05. The molecule has 4 aromatic rings. The van der Waals surface area contributed by atoms with Crippen LogP contribution >= 0.6 is 17.2 Å². The second kappa shape index (κ2) is 7.12. The molecule has 2 aliphatic rings. The number of nitrogens with zero attached hydrogens (tertiary/aromatic N) is 2. The van der Waals surface area contributed by atoms with Gasteiger partial charge in [0, 0.05) is 11.9 Å². The fourth-order valence-electron chi connectivity index (χ4n) is 4.81. The third kappa shape index (κ3) is 2.88. The number of aliphatic imine (C=N–C) groups is 1. The average Bonchev–Trinajstić information content (AvgIpc) is 3.44. The van der Waals surface area contributed by atoms with E-state index in [9.17, 15) is 0 Å². The van der Waals surface area contributed by atoms with E-state index in [0.717, 1.165) is 39.1 Å². The van der Waals surface area contributed by atoms with Gasteiger partial charge in [0.15, 0.2) is 0 Å². The molecule has 0 saturated heterocycles. The number of aryl methyl sites for hydroxylation is 2. The van der Waals surface area contributed by atoms with Gasteiger partial charge in [-0.2, -0.15) is 0 Å². The first-order valence-electron chi connectivity index (χ1n) is 10.4. The number of benzene rings is 3. The van der Waals surface area contributed by atoms with Crippen molar-refractivity contribution in [2.45, 2.75) is 19.3 Å². The molecule has 2 atom stereocenters. The number of aromatic nitrogens is 2. The summed E-state index contributed by atoms with van der Waals surface area (Å²) in [7, 11) is 1.49. The number of rotatable bonds is 3. The smallest absolute Gasteiger partial charge is 0.125 e. The van der Waals surface area contributed by atoms with Crippen LogP contribution in [0.15, 0.2) is 53.7 Å². The van der Waals surface area contributed by atoms with Crippen LogP contribution in [-0.2, 0) is 19.3 Å². The van der Waals surface area contributed by atoms with Crippen LogP contribution in [0, 0.1) is 0 Å². The minimum Gasteiger partial charge on any atom is -0.339 e. The zero-order chi connectivity index (χ0) is 20.2. The van der Waals surface area contributed by atoms with Crippen LogP contribution in [0.3, 0.4) is 0 Å². The van der Waals surface area contributed by atoms with Crippen LogP contribution < -0.4 is 5.57 Å². The number of fused-ring (bicyclic) bond motifs is 6. The lowest BCUT2D eigenvalue weighted by Crippen LogP contribution is -2.05. The third-order valence-corrected chi connectivity index (χ3v) is 7.99. The maximum absolute atomic E-state index is 4.84. The Kier molecular flexibility index (Phi) is 4.37. The highest BCUT2D eigenvalue weighted by Crippen LogP contribution is 2.42. The van der Waals surface area contributed by atoms with E-state index in [1.54, 1.807) is 0 Å². The summed E-state index contributed by atoms with van der Waals surface area (Å²) in [6.07, 6.45) is 5.17. The summed E-state index contributed by atoms with van der Waals surface area (Å²) in [6.45, 7) is 4.38. The standard InChI is InChI=1S/C25H23N3P2/c1-29-24-12-21-20-11-15-4-3-14-9-17(23-13-26-25(28-23)30-2)5-7-18(14)19(15)10-16(20)6-8-22(21)27-24/h5-11,13,29-30H,3-4,12H2,1-2H3,(H,26,28). The molecule has 30 heavy (non-hydrogen) atoms. The summed E-state index contributed by atoms with van der Waals surface area (Å²) in [5.41, 5.74) is 13.0. The fraction of sp³-hybridized carbons (Fsp3) is 0.200. The van der Waals surface area contributed by atoms with E-state index in [4.69, 9.17) is 4.99 Å². The fourth-order valence-corrected chi connectivity index (χ4v) is 5.85. The van der Waals surface area contributed by atoms with Crippen LogP contribution in [0.5, 0.6) is 0 Å². The van der Waals surface area contributed by atoms with Crippen LogP contribution in [0.25, 0.3) is 33.2 Å². The molecule has 6 rings (SSSR count). The Bertz CT molecular complexity index is 1350. The minimum atomic E-state index is 0.694. The van der Waals surface area contributed by atoms with E-state index in [0.29, 0.717) is 8.58 Å². The molecule has 0 bridgehead atoms. The molecule has 0 saturated carbocycles. The zero-order valence-corrected chi connectivity index (χ0v) is 19.1. The number of hydrogen-bond acceptors (Lipinski definition) is 2. The number of aromatic amines is 1. The van der Waals surface area contributed by atoms with Crippen molar-refractivity contribution in [2.75, 3.05) is 13.3 Å². The first-order chi connectivity index (χ1) is 14.7. The molecule has 5 heteroatoms. The minimum absolute atomic E-state index is 0.694. The molecule has 0 radical (unpaired) electrons. The third-order valence-electron chi connectivity index (χ3n) is 6.40. The van der Waals surface area contributed by atoms with Crippen molar-refractivity contribution >= 4 is 44.6 Å². The van der Waals surface area contributed by atoms with E-state index >= 15 is 0 Å². The van der Waals surface area contributed by atoms with Crippen LogP contribution in [0.1, 0.15) is 16.7 Å². The van der Waals surface area contributed by atoms with E-state index < -0.39 is 0 Å². The van der Waals surface area contributed by atoms with E-state index in [1.807, 2.05) is 6.20 Å². The molecule has 1 aliphatic carbocycles. The van der Waals surface area contributed by atoms with Gasteiger partial charge in [-0.25, -0.2) is 4.98 Å². The van der Waals surface area contributed by atoms with E-state index in [2.05, 4.69) is 65.8 Å². The van der Waals surface area contributed by atoms with Crippen molar-refractivity contribution in [1.82, 2.24) is 9.97 Å². The molecule has 148 valence electrons. The van der Waals surface area contributed by atoms with Crippen molar-refractivity contribution in [1.29, 1.82) is 0 Å². The SMILES string of the molecule is CPC1=Nc2ccc3cc4c(cc3c2C1)CCc1cc(-c2cnc(PC)[nH]2)ccc1-4. The van der Waals surface area contributed by atoms with Gasteiger partial charge in [0.2, 0.25) is 0 Å². The Labute approximate surface area is 180 Å². The molecule has 0 spiro atoms. The predicted octanol–water partition coefficient (Wildman–Crippen LogP) is 5.82. The van der Waals surface area contributed by atoms with Gasteiger partial charge < -0.3 is 4.98 Å². The van der Waals surface area contributed by atoms with Gasteiger partial charge in [-0.3, -0.25) is 4.99 Å². The molecule has 3 aromatic carbocycles. The lowest BCUT2D eigenvalue weighted by Gasteiger charge is -2.22. The molecule has 0 fully saturated rings. The number of hydrogen-bond donors (Lipinski definition) is 1. The number of H-pyrrole nitrogens is 1. The molecule has 1 aromatic heterocycles. The summed E-state index contributed by atoms with van der Waals surface area (Å²) in [4.78, 5) is 12.8. The summed E-state index contributed by atoms with van der Waals surface area (Å²) >= 11 is 0. The van der Waals surface area contributed by atoms with Gasteiger partial charge in [-0.05, 0) is 88.5 Å². The Morgan fingerprint density at radius 3 is 2.57 bits per heavy atom. The first-order valence-corrected chi connectivity index (χ1v) is 13.4. The van der Waals surface area contributed by atoms with Crippen LogP contribution in [0.4, 0.5) is 5.69 Å². The molecule has 2 unspecified atom stereocenters. The van der Waals surface area contributed by atoms with E-state index in [1.165, 1.54) is 55.3 Å². The molecular weight excluding hydrogens is 404 g/mol. The monoisotopic (exact) mass is 427 g/mol. The highest BCUT2D eigenvalue weighted by Gasteiger charge is 2.21. The highest BCUT2D eigenvalue weighted by atomic mass is 31.1. The molecule has 2 heterocycles. The van der Waals surface area contributed by atoms with E-state index in [-0.39, 0.29) is 0 Å². The topological polar surface area (TPSA) is 41.0 Å². The van der Waals surface area contributed by atoms with Crippen LogP contribution in [0.2, 0.25) is 0 Å². The Hall–Kier alpha value is -2.34. The van der Waals surface area contributed by atoms with Gasteiger partial charge >= 0.3 is 0 Å². The number of nitrogens with one attached hydrogen (secondary N) is 1. The quantitative estimate of drug-likeness (QED) is 0.411. The second-order valence-corrected chi connectivity index (χ2v) is 10.1. The van der Waals surface area contributed by atoms with Gasteiger partial charge in [-0.15, -0.1) is 0 Å². The Balaban J connectivity index is 1.44. The summed E-state index contributed by atoms with van der Waals surface area (Å²) < 4.78 is 0. The molecule has 1 N–H and O–H groups in total. The van der Waals surface area contributed by atoms with Crippen molar-refractivity contribution < 1.29 is 0 Å². The van der Waals surface area contributed by atoms with Gasteiger partial charge in [-0.1, -0.05) is 41.4 Å². The lowest BCUT2D eigenvalue weighted by molar-refractivity contribution is 0.944. The van der Waals surface area contributed by atoms with Gasteiger partial charge in [0.25, 0.3) is 0 Å². The lowest BCUT2D eigenvalue weighted by atomic mass is 9.82. The Morgan fingerprint density at radius 2 is 1.77 bits per heavy atom. The first kappa shape index (κ1) is 18.4. The summed E-state index contributed by atoms with van der Waals surface area (Å²) in [6, 6.07) is 16.2.